The minimum Gasteiger partial charge on any atom is -0.454 e. The first-order valence-electron chi connectivity index (χ1n) is 7.86. The van der Waals surface area contributed by atoms with E-state index in [1.54, 1.807) is 0 Å². The fourth-order valence-electron chi connectivity index (χ4n) is 2.42. The second kappa shape index (κ2) is 5.57. The molecule has 0 unspecified atom stereocenters. The van der Waals surface area contributed by atoms with E-state index in [1.165, 1.54) is 0 Å². The highest BCUT2D eigenvalue weighted by Crippen LogP contribution is 2.35. The van der Waals surface area contributed by atoms with Crippen LogP contribution in [-0.4, -0.2) is 11.8 Å². The molecule has 5 nitrogen and oxygen atoms in total. The zero-order valence-electron chi connectivity index (χ0n) is 14.4. The highest BCUT2D eigenvalue weighted by Gasteiger charge is 2.25. The van der Waals surface area contributed by atoms with Gasteiger partial charge in [0.05, 0.1) is 12.7 Å². The van der Waals surface area contributed by atoms with Crippen molar-refractivity contribution in [3.63, 3.8) is 0 Å². The van der Waals surface area contributed by atoms with Crippen LogP contribution < -0.4 is 14.8 Å². The van der Waals surface area contributed by atoms with Crippen molar-refractivity contribution in [1.29, 1.82) is 0 Å². The molecule has 0 atom stereocenters. The molecule has 1 aliphatic heterocycles. The lowest BCUT2D eigenvalue weighted by molar-refractivity contribution is 0.174. The number of nitrogens with zero attached hydrogens (tertiary/aromatic N) is 1. The second-order valence-corrected chi connectivity index (χ2v) is 7.41. The number of hydrogen-bond acceptors (Lipinski definition) is 5. The van der Waals surface area contributed by atoms with E-state index in [1.807, 2.05) is 18.3 Å². The Balaban J connectivity index is 1.70. The average Bonchev–Trinajstić information content (AvgIpc) is 3.13. The SMILES string of the molecule is CC(C)(C)c1cnc(CNC(C)(C)c2ccc3c(c2)OCO3)o1. The van der Waals surface area contributed by atoms with Gasteiger partial charge in [-0.2, -0.15) is 0 Å². The predicted molar refractivity (Wildman–Crippen MR) is 87.6 cm³/mol. The van der Waals surface area contributed by atoms with Crippen molar-refractivity contribution in [3.8, 4) is 11.5 Å². The van der Waals surface area contributed by atoms with Gasteiger partial charge < -0.3 is 13.9 Å². The van der Waals surface area contributed by atoms with Crippen LogP contribution in [0.2, 0.25) is 0 Å². The molecule has 0 amide bonds. The van der Waals surface area contributed by atoms with Crippen molar-refractivity contribution < 1.29 is 13.9 Å². The van der Waals surface area contributed by atoms with Crippen LogP contribution in [0.3, 0.4) is 0 Å². The largest absolute Gasteiger partial charge is 0.454 e. The number of benzene rings is 1. The maximum Gasteiger partial charge on any atom is 0.231 e. The van der Waals surface area contributed by atoms with Crippen LogP contribution in [0.25, 0.3) is 0 Å². The van der Waals surface area contributed by atoms with Gasteiger partial charge in [0.15, 0.2) is 11.5 Å². The van der Waals surface area contributed by atoms with Gasteiger partial charge in [-0.25, -0.2) is 4.98 Å². The van der Waals surface area contributed by atoms with Crippen molar-refractivity contribution in [2.75, 3.05) is 6.79 Å². The Kier molecular flexibility index (Phi) is 3.84. The number of hydrogen-bond donors (Lipinski definition) is 1. The summed E-state index contributed by atoms with van der Waals surface area (Å²) in [7, 11) is 0. The van der Waals surface area contributed by atoms with Crippen molar-refractivity contribution in [3.05, 3.63) is 41.6 Å². The molecular weight excluding hydrogens is 292 g/mol. The molecule has 1 aromatic heterocycles. The van der Waals surface area contributed by atoms with E-state index in [4.69, 9.17) is 13.9 Å². The normalized spacial score (nSPS) is 14.3. The van der Waals surface area contributed by atoms with E-state index in [2.05, 4.69) is 51.0 Å². The topological polar surface area (TPSA) is 56.5 Å². The molecule has 0 saturated carbocycles. The summed E-state index contributed by atoms with van der Waals surface area (Å²) in [6.45, 7) is 11.4. The van der Waals surface area contributed by atoms with E-state index >= 15 is 0 Å². The van der Waals surface area contributed by atoms with Gasteiger partial charge in [0, 0.05) is 11.0 Å². The summed E-state index contributed by atoms with van der Waals surface area (Å²) >= 11 is 0. The molecular formula is C18H24N2O3. The third-order valence-corrected chi connectivity index (χ3v) is 4.07. The lowest BCUT2D eigenvalue weighted by Gasteiger charge is -2.26. The van der Waals surface area contributed by atoms with Crippen LogP contribution in [0.4, 0.5) is 0 Å². The maximum absolute atomic E-state index is 5.84. The van der Waals surface area contributed by atoms with Crippen LogP contribution in [-0.2, 0) is 17.5 Å². The average molecular weight is 316 g/mol. The van der Waals surface area contributed by atoms with Gasteiger partial charge >= 0.3 is 0 Å². The Morgan fingerprint density at radius 2 is 1.83 bits per heavy atom. The number of oxazole rings is 1. The Morgan fingerprint density at radius 1 is 1.09 bits per heavy atom. The zero-order chi connectivity index (χ0) is 16.7. The van der Waals surface area contributed by atoms with E-state index < -0.39 is 0 Å². The van der Waals surface area contributed by atoms with Gasteiger partial charge in [-0.05, 0) is 31.5 Å². The molecule has 0 fully saturated rings. The van der Waals surface area contributed by atoms with E-state index in [0.717, 1.165) is 22.8 Å². The predicted octanol–water partition coefficient (Wildman–Crippen LogP) is 3.73. The Bertz CT molecular complexity index is 699. The molecule has 0 aliphatic carbocycles. The molecule has 5 heteroatoms. The summed E-state index contributed by atoms with van der Waals surface area (Å²) in [6.07, 6.45) is 1.81. The summed E-state index contributed by atoms with van der Waals surface area (Å²) in [4.78, 5) is 4.36. The quantitative estimate of drug-likeness (QED) is 0.931. The number of nitrogens with one attached hydrogen (secondary N) is 1. The molecule has 0 saturated heterocycles. The number of fused-ring (bicyclic) bond motifs is 1. The molecule has 1 aromatic carbocycles. The minimum absolute atomic E-state index is 0.0297. The fourth-order valence-corrected chi connectivity index (χ4v) is 2.42. The van der Waals surface area contributed by atoms with E-state index in [0.29, 0.717) is 19.2 Å². The summed E-state index contributed by atoms with van der Waals surface area (Å²) < 4.78 is 16.7. The van der Waals surface area contributed by atoms with Crippen molar-refractivity contribution in [1.82, 2.24) is 10.3 Å². The lowest BCUT2D eigenvalue weighted by atomic mass is 9.94. The fraction of sp³-hybridized carbons (Fsp3) is 0.500. The van der Waals surface area contributed by atoms with Crippen molar-refractivity contribution >= 4 is 0 Å². The summed E-state index contributed by atoms with van der Waals surface area (Å²) in [5, 5.41) is 3.49. The molecule has 1 aliphatic rings. The lowest BCUT2D eigenvalue weighted by Crippen LogP contribution is -2.36. The second-order valence-electron chi connectivity index (χ2n) is 7.41. The maximum atomic E-state index is 5.84. The first-order chi connectivity index (χ1) is 10.8. The standard InChI is InChI=1S/C18H24N2O3/c1-17(2,3)15-9-19-16(23-15)10-20-18(4,5)12-6-7-13-14(8-12)22-11-21-13/h6-9,20H,10-11H2,1-5H3. The van der Waals surface area contributed by atoms with Crippen molar-refractivity contribution in [2.24, 2.45) is 0 Å². The number of aromatic nitrogens is 1. The highest BCUT2D eigenvalue weighted by atomic mass is 16.7. The summed E-state index contributed by atoms with van der Waals surface area (Å²) in [6, 6.07) is 6.02. The van der Waals surface area contributed by atoms with E-state index in [-0.39, 0.29) is 11.0 Å². The van der Waals surface area contributed by atoms with Gasteiger partial charge in [-0.3, -0.25) is 5.32 Å². The van der Waals surface area contributed by atoms with Crippen LogP contribution >= 0.6 is 0 Å². The monoisotopic (exact) mass is 316 g/mol. The van der Waals surface area contributed by atoms with Crippen LogP contribution in [0.5, 0.6) is 11.5 Å². The van der Waals surface area contributed by atoms with Gasteiger partial charge in [-0.1, -0.05) is 26.8 Å². The van der Waals surface area contributed by atoms with Crippen LogP contribution in [0.1, 0.15) is 51.8 Å². The first kappa shape index (κ1) is 15.9. The Morgan fingerprint density at radius 3 is 2.52 bits per heavy atom. The Hall–Kier alpha value is -2.01. The van der Waals surface area contributed by atoms with Crippen molar-refractivity contribution in [2.45, 2.75) is 52.1 Å². The molecule has 23 heavy (non-hydrogen) atoms. The van der Waals surface area contributed by atoms with E-state index in [9.17, 15) is 0 Å². The number of ether oxygens (including phenoxy) is 2. The molecule has 1 N–H and O–H groups in total. The van der Waals surface area contributed by atoms with Gasteiger partial charge in [-0.15, -0.1) is 0 Å². The molecule has 0 spiro atoms. The Labute approximate surface area is 137 Å². The van der Waals surface area contributed by atoms with Crippen LogP contribution in [0.15, 0.2) is 28.8 Å². The minimum atomic E-state index is -0.239. The highest BCUT2D eigenvalue weighted by molar-refractivity contribution is 5.46. The molecule has 0 bridgehead atoms. The third-order valence-electron chi connectivity index (χ3n) is 4.07. The molecule has 2 aromatic rings. The summed E-state index contributed by atoms with van der Waals surface area (Å²) in [5.74, 6) is 3.19. The third kappa shape index (κ3) is 3.34. The zero-order valence-corrected chi connectivity index (χ0v) is 14.4. The van der Waals surface area contributed by atoms with Gasteiger partial charge in [0.25, 0.3) is 0 Å². The molecule has 3 rings (SSSR count). The smallest absolute Gasteiger partial charge is 0.231 e. The number of rotatable bonds is 4. The molecule has 124 valence electrons. The van der Waals surface area contributed by atoms with Crippen LogP contribution in [0, 0.1) is 0 Å². The molecule has 2 heterocycles. The van der Waals surface area contributed by atoms with Gasteiger partial charge in [0.1, 0.15) is 5.76 Å². The first-order valence-corrected chi connectivity index (χ1v) is 7.86. The van der Waals surface area contributed by atoms with Gasteiger partial charge in [0.2, 0.25) is 12.7 Å². The molecule has 0 radical (unpaired) electrons. The summed E-state index contributed by atoms with van der Waals surface area (Å²) in [5.41, 5.74) is 0.861.